The molecule has 0 aromatic heterocycles. The second-order valence-electron chi connectivity index (χ2n) is 4.89. The van der Waals surface area contributed by atoms with Gasteiger partial charge in [-0.25, -0.2) is 4.79 Å². The monoisotopic (exact) mass is 318 g/mol. The first-order chi connectivity index (χ1) is 10.4. The lowest BCUT2D eigenvalue weighted by Crippen LogP contribution is -2.24. The molecule has 0 radical (unpaired) electrons. The zero-order chi connectivity index (χ0) is 16.3. The van der Waals surface area contributed by atoms with Gasteiger partial charge in [-0.3, -0.25) is 4.79 Å². The first-order valence-corrected chi connectivity index (χ1v) is 7.07. The maximum Gasteiger partial charge on any atom is 0.342 e. The lowest BCUT2D eigenvalue weighted by Gasteiger charge is -2.13. The van der Waals surface area contributed by atoms with Crippen molar-refractivity contribution in [2.24, 2.45) is 0 Å². The molecule has 0 bridgehead atoms. The zero-order valence-corrected chi connectivity index (χ0v) is 12.9. The summed E-state index contributed by atoms with van der Waals surface area (Å²) in [4.78, 5) is 24.3. The van der Waals surface area contributed by atoms with Gasteiger partial charge in [0, 0.05) is 10.6 Å². The summed E-state index contributed by atoms with van der Waals surface area (Å²) in [5, 5.41) is 10.4. The Balaban J connectivity index is 2.12. The number of carbonyl (C=O) groups excluding carboxylic acids is 2. The van der Waals surface area contributed by atoms with Crippen molar-refractivity contribution in [2.75, 3.05) is 0 Å². The van der Waals surface area contributed by atoms with Crippen LogP contribution in [0.4, 0.5) is 0 Å². The average molecular weight is 319 g/mol. The van der Waals surface area contributed by atoms with E-state index in [1.54, 1.807) is 43.3 Å². The van der Waals surface area contributed by atoms with E-state index in [2.05, 4.69) is 0 Å². The summed E-state index contributed by atoms with van der Waals surface area (Å²) in [6, 6.07) is 11.1. The van der Waals surface area contributed by atoms with E-state index in [4.69, 9.17) is 16.3 Å². The van der Waals surface area contributed by atoms with E-state index in [-0.39, 0.29) is 17.1 Å². The molecule has 0 aliphatic heterocycles. The van der Waals surface area contributed by atoms with Crippen LogP contribution in [-0.2, 0) is 4.74 Å². The topological polar surface area (TPSA) is 63.6 Å². The molecule has 2 rings (SSSR count). The van der Waals surface area contributed by atoms with Crippen LogP contribution >= 0.6 is 11.6 Å². The molecule has 5 heteroatoms. The standard InChI is InChI=1S/C17H15ClO4/c1-10-4-3-5-14(15(10)19)17(21)22-11(2)16(20)12-6-8-13(18)9-7-12/h3-9,11,19H,1-2H3/t11-/m0/s1. The third kappa shape index (κ3) is 3.46. The maximum absolute atomic E-state index is 12.2. The molecule has 0 aliphatic rings. The van der Waals surface area contributed by atoms with Gasteiger partial charge >= 0.3 is 5.97 Å². The van der Waals surface area contributed by atoms with Gasteiger partial charge in [0.05, 0.1) is 0 Å². The van der Waals surface area contributed by atoms with Crippen LogP contribution in [0, 0.1) is 6.92 Å². The molecule has 2 aromatic carbocycles. The first kappa shape index (κ1) is 16.0. The van der Waals surface area contributed by atoms with Gasteiger partial charge in [0.15, 0.2) is 6.10 Å². The molecule has 0 heterocycles. The number of ketones is 1. The van der Waals surface area contributed by atoms with Crippen molar-refractivity contribution in [1.29, 1.82) is 0 Å². The lowest BCUT2D eigenvalue weighted by atomic mass is 10.1. The number of esters is 1. The van der Waals surface area contributed by atoms with Crippen molar-refractivity contribution in [3.8, 4) is 5.75 Å². The number of phenolic OH excluding ortho intramolecular Hbond substituents is 1. The normalized spacial score (nSPS) is 11.8. The minimum absolute atomic E-state index is 0.0377. The van der Waals surface area contributed by atoms with Gasteiger partial charge in [-0.1, -0.05) is 23.7 Å². The van der Waals surface area contributed by atoms with Crippen molar-refractivity contribution in [1.82, 2.24) is 0 Å². The molecule has 4 nitrogen and oxygen atoms in total. The van der Waals surface area contributed by atoms with Gasteiger partial charge in [0.25, 0.3) is 0 Å². The van der Waals surface area contributed by atoms with Crippen LogP contribution in [0.1, 0.15) is 33.2 Å². The number of Topliss-reactive ketones (excluding diaryl/α,β-unsaturated/α-hetero) is 1. The van der Waals surface area contributed by atoms with E-state index in [1.807, 2.05) is 0 Å². The fraction of sp³-hybridized carbons (Fsp3) is 0.176. The quantitative estimate of drug-likeness (QED) is 0.688. The Hall–Kier alpha value is -2.33. The van der Waals surface area contributed by atoms with E-state index in [1.165, 1.54) is 13.0 Å². The molecule has 0 aliphatic carbocycles. The van der Waals surface area contributed by atoms with Crippen molar-refractivity contribution in [3.63, 3.8) is 0 Å². The fourth-order valence-corrected chi connectivity index (χ4v) is 2.08. The summed E-state index contributed by atoms with van der Waals surface area (Å²) in [6.07, 6.45) is -0.964. The Labute approximate surface area is 133 Å². The van der Waals surface area contributed by atoms with Gasteiger partial charge in [-0.2, -0.15) is 0 Å². The lowest BCUT2D eigenvalue weighted by molar-refractivity contribution is 0.0316. The molecule has 22 heavy (non-hydrogen) atoms. The van der Waals surface area contributed by atoms with Gasteiger partial charge in [-0.05, 0) is 49.7 Å². The van der Waals surface area contributed by atoms with E-state index in [9.17, 15) is 14.7 Å². The number of hydrogen-bond acceptors (Lipinski definition) is 4. The highest BCUT2D eigenvalue weighted by atomic mass is 35.5. The van der Waals surface area contributed by atoms with E-state index in [0.717, 1.165) is 0 Å². The van der Waals surface area contributed by atoms with E-state index < -0.39 is 12.1 Å². The average Bonchev–Trinajstić information content (AvgIpc) is 2.50. The number of rotatable bonds is 4. The third-order valence-corrected chi connectivity index (χ3v) is 3.49. The molecular weight excluding hydrogens is 304 g/mol. The Morgan fingerprint density at radius 1 is 1.14 bits per heavy atom. The Kier molecular flexibility index (Phi) is 4.83. The third-order valence-electron chi connectivity index (χ3n) is 3.24. The highest BCUT2D eigenvalue weighted by molar-refractivity contribution is 6.30. The molecule has 0 spiro atoms. The molecular formula is C17H15ClO4. The maximum atomic E-state index is 12.2. The summed E-state index contributed by atoms with van der Waals surface area (Å²) in [5.74, 6) is -1.22. The van der Waals surface area contributed by atoms with Crippen molar-refractivity contribution < 1.29 is 19.4 Å². The van der Waals surface area contributed by atoms with Crippen LogP contribution in [0.25, 0.3) is 0 Å². The van der Waals surface area contributed by atoms with Crippen LogP contribution in [0.3, 0.4) is 0 Å². The number of benzene rings is 2. The molecule has 0 unspecified atom stereocenters. The fourth-order valence-electron chi connectivity index (χ4n) is 1.95. The summed E-state index contributed by atoms with van der Waals surface area (Å²) >= 11 is 5.77. The highest BCUT2D eigenvalue weighted by Gasteiger charge is 2.22. The molecule has 2 aromatic rings. The predicted octanol–water partition coefficient (Wildman–Crippen LogP) is 3.78. The minimum atomic E-state index is -0.964. The van der Waals surface area contributed by atoms with Gasteiger partial charge < -0.3 is 9.84 Å². The van der Waals surface area contributed by atoms with Gasteiger partial charge in [0.1, 0.15) is 11.3 Å². The number of phenols is 1. The Bertz CT molecular complexity index is 707. The molecule has 0 fully saturated rings. The van der Waals surface area contributed by atoms with Gasteiger partial charge in [-0.15, -0.1) is 0 Å². The number of hydrogen-bond donors (Lipinski definition) is 1. The molecule has 114 valence electrons. The van der Waals surface area contributed by atoms with E-state index in [0.29, 0.717) is 16.1 Å². The Morgan fingerprint density at radius 2 is 1.77 bits per heavy atom. The molecule has 0 saturated heterocycles. The second kappa shape index (κ2) is 6.62. The largest absolute Gasteiger partial charge is 0.507 e. The summed E-state index contributed by atoms with van der Waals surface area (Å²) in [5.41, 5.74) is 1.00. The number of aryl methyl sites for hydroxylation is 1. The second-order valence-corrected chi connectivity index (χ2v) is 5.33. The summed E-state index contributed by atoms with van der Waals surface area (Å²) < 4.78 is 5.14. The van der Waals surface area contributed by atoms with Crippen molar-refractivity contribution in [3.05, 3.63) is 64.2 Å². The molecule has 0 amide bonds. The number of carbonyl (C=O) groups is 2. The first-order valence-electron chi connectivity index (χ1n) is 6.69. The van der Waals surface area contributed by atoms with Gasteiger partial charge in [0.2, 0.25) is 5.78 Å². The van der Waals surface area contributed by atoms with Crippen LogP contribution in [0.15, 0.2) is 42.5 Å². The van der Waals surface area contributed by atoms with Crippen molar-refractivity contribution >= 4 is 23.4 Å². The zero-order valence-electron chi connectivity index (χ0n) is 12.2. The van der Waals surface area contributed by atoms with Crippen LogP contribution < -0.4 is 0 Å². The predicted molar refractivity (Wildman–Crippen MR) is 83.5 cm³/mol. The number of aromatic hydroxyl groups is 1. The summed E-state index contributed by atoms with van der Waals surface area (Å²) in [6.45, 7) is 3.16. The molecule has 1 atom stereocenters. The summed E-state index contributed by atoms with van der Waals surface area (Å²) in [7, 11) is 0. The smallest absolute Gasteiger partial charge is 0.342 e. The van der Waals surface area contributed by atoms with Crippen LogP contribution in [0.2, 0.25) is 5.02 Å². The molecule has 0 saturated carbocycles. The van der Waals surface area contributed by atoms with E-state index >= 15 is 0 Å². The minimum Gasteiger partial charge on any atom is -0.507 e. The SMILES string of the molecule is Cc1cccc(C(=O)O[C@@H](C)C(=O)c2ccc(Cl)cc2)c1O. The number of para-hydroxylation sites is 1. The van der Waals surface area contributed by atoms with Crippen LogP contribution in [0.5, 0.6) is 5.75 Å². The molecule has 1 N–H and O–H groups in total. The number of ether oxygens (including phenoxy) is 1. The van der Waals surface area contributed by atoms with Crippen molar-refractivity contribution in [2.45, 2.75) is 20.0 Å². The van der Waals surface area contributed by atoms with Crippen LogP contribution in [-0.4, -0.2) is 23.0 Å². The Morgan fingerprint density at radius 3 is 2.41 bits per heavy atom. The number of halogens is 1. The highest BCUT2D eigenvalue weighted by Crippen LogP contribution is 2.23.